The van der Waals surface area contributed by atoms with Crippen molar-refractivity contribution in [2.24, 2.45) is 0 Å². The topological polar surface area (TPSA) is 55.9 Å². The third-order valence-corrected chi connectivity index (χ3v) is 6.72. The molecule has 2 fully saturated rings. The summed E-state index contributed by atoms with van der Waals surface area (Å²) in [5.74, 6) is 0.0637. The number of halogens is 1. The number of amides is 2. The zero-order valence-electron chi connectivity index (χ0n) is 18.6. The molecule has 1 N–H and O–H groups in total. The molecule has 2 aliphatic rings. The molecule has 2 aliphatic heterocycles. The molecule has 0 spiro atoms. The minimum Gasteiger partial charge on any atom is -0.372 e. The number of nitrogens with zero attached hydrogens (tertiary/aromatic N) is 3. The second-order valence-electron chi connectivity index (χ2n) is 8.67. The molecular weight excluding hydrogens is 424 g/mol. The van der Waals surface area contributed by atoms with Gasteiger partial charge < -0.3 is 15.1 Å². The fourth-order valence-corrected chi connectivity index (χ4v) is 4.63. The summed E-state index contributed by atoms with van der Waals surface area (Å²) in [5.41, 5.74) is 4.03. The maximum absolute atomic E-state index is 12.6. The number of aryl methyl sites for hydroxylation is 1. The molecule has 0 bridgehead atoms. The quantitative estimate of drug-likeness (QED) is 0.725. The van der Waals surface area contributed by atoms with Crippen molar-refractivity contribution in [1.82, 2.24) is 9.80 Å². The van der Waals surface area contributed by atoms with Crippen molar-refractivity contribution in [1.29, 1.82) is 0 Å². The van der Waals surface area contributed by atoms with Gasteiger partial charge in [0.25, 0.3) is 0 Å². The van der Waals surface area contributed by atoms with Crippen LogP contribution >= 0.6 is 11.6 Å². The Morgan fingerprint density at radius 3 is 2.38 bits per heavy atom. The summed E-state index contributed by atoms with van der Waals surface area (Å²) in [6.07, 6.45) is 2.81. The van der Waals surface area contributed by atoms with Gasteiger partial charge in [-0.05, 0) is 55.2 Å². The van der Waals surface area contributed by atoms with Gasteiger partial charge in [-0.1, -0.05) is 29.8 Å². The van der Waals surface area contributed by atoms with Gasteiger partial charge in [-0.25, -0.2) is 0 Å². The summed E-state index contributed by atoms with van der Waals surface area (Å²) in [4.78, 5) is 31.6. The largest absolute Gasteiger partial charge is 0.372 e. The SMILES string of the molecule is Cc1cc(N2CCCC2)ccc1NC(=O)CN1CCN(C(=O)Cc2ccccc2Cl)CC1. The van der Waals surface area contributed by atoms with Gasteiger partial charge in [0.1, 0.15) is 0 Å². The highest BCUT2D eigenvalue weighted by Crippen LogP contribution is 2.25. The Balaban J connectivity index is 1.24. The third kappa shape index (κ3) is 5.61. The minimum absolute atomic E-state index is 0.0159. The van der Waals surface area contributed by atoms with E-state index in [-0.39, 0.29) is 11.8 Å². The highest BCUT2D eigenvalue weighted by molar-refractivity contribution is 6.31. The standard InChI is InChI=1S/C25H31ClN4O2/c1-19-16-21(29-10-4-5-11-29)8-9-23(19)27-24(31)18-28-12-14-30(15-13-28)25(32)17-20-6-2-3-7-22(20)26/h2-3,6-9,16H,4-5,10-15,17-18H2,1H3,(H,27,31). The fraction of sp³-hybridized carbons (Fsp3) is 0.440. The van der Waals surface area contributed by atoms with Crippen LogP contribution < -0.4 is 10.2 Å². The van der Waals surface area contributed by atoms with E-state index < -0.39 is 0 Å². The molecule has 0 saturated carbocycles. The Bertz CT molecular complexity index is 966. The summed E-state index contributed by atoms with van der Waals surface area (Å²) in [6, 6.07) is 13.7. The number of piperazine rings is 1. The van der Waals surface area contributed by atoms with Crippen LogP contribution in [0, 0.1) is 6.92 Å². The van der Waals surface area contributed by atoms with E-state index in [2.05, 4.69) is 27.2 Å². The highest BCUT2D eigenvalue weighted by Gasteiger charge is 2.23. The summed E-state index contributed by atoms with van der Waals surface area (Å²) >= 11 is 6.18. The predicted octanol–water partition coefficient (Wildman–Crippen LogP) is 3.57. The molecule has 0 aliphatic carbocycles. The molecule has 32 heavy (non-hydrogen) atoms. The number of rotatable bonds is 6. The van der Waals surface area contributed by atoms with Crippen LogP contribution in [0.5, 0.6) is 0 Å². The number of nitrogens with one attached hydrogen (secondary N) is 1. The summed E-state index contributed by atoms with van der Waals surface area (Å²) in [5, 5.41) is 3.68. The third-order valence-electron chi connectivity index (χ3n) is 6.35. The molecule has 0 atom stereocenters. The van der Waals surface area contributed by atoms with Gasteiger partial charge in [-0.3, -0.25) is 14.5 Å². The maximum Gasteiger partial charge on any atom is 0.238 e. The zero-order chi connectivity index (χ0) is 22.5. The molecule has 0 aromatic heterocycles. The molecule has 6 nitrogen and oxygen atoms in total. The van der Waals surface area contributed by atoms with Crippen LogP contribution in [-0.2, 0) is 16.0 Å². The Kier molecular flexibility index (Phi) is 7.33. The molecular formula is C25H31ClN4O2. The van der Waals surface area contributed by atoms with Crippen molar-refractivity contribution in [3.8, 4) is 0 Å². The number of hydrogen-bond acceptors (Lipinski definition) is 4. The van der Waals surface area contributed by atoms with E-state index in [0.717, 1.165) is 29.9 Å². The number of hydrogen-bond donors (Lipinski definition) is 1. The molecule has 4 rings (SSSR count). The van der Waals surface area contributed by atoms with Crippen molar-refractivity contribution in [3.05, 3.63) is 58.6 Å². The van der Waals surface area contributed by atoms with Crippen LogP contribution in [0.3, 0.4) is 0 Å². The first-order chi connectivity index (χ1) is 15.5. The van der Waals surface area contributed by atoms with Gasteiger partial charge in [0.15, 0.2) is 0 Å². The predicted molar refractivity (Wildman–Crippen MR) is 129 cm³/mol. The second-order valence-corrected chi connectivity index (χ2v) is 9.07. The Labute approximate surface area is 195 Å². The van der Waals surface area contributed by atoms with E-state index in [1.165, 1.54) is 18.5 Å². The molecule has 7 heteroatoms. The molecule has 2 heterocycles. The van der Waals surface area contributed by atoms with Gasteiger partial charge in [0, 0.05) is 55.7 Å². The summed E-state index contributed by atoms with van der Waals surface area (Å²) < 4.78 is 0. The summed E-state index contributed by atoms with van der Waals surface area (Å²) in [7, 11) is 0. The Morgan fingerprint density at radius 2 is 1.69 bits per heavy atom. The highest BCUT2D eigenvalue weighted by atomic mass is 35.5. The van der Waals surface area contributed by atoms with Gasteiger partial charge in [0.2, 0.25) is 11.8 Å². The van der Waals surface area contributed by atoms with Crippen molar-refractivity contribution in [2.45, 2.75) is 26.2 Å². The maximum atomic E-state index is 12.6. The monoisotopic (exact) mass is 454 g/mol. The first-order valence-electron chi connectivity index (χ1n) is 11.4. The fourth-order valence-electron chi connectivity index (χ4n) is 4.42. The Morgan fingerprint density at radius 1 is 0.969 bits per heavy atom. The van der Waals surface area contributed by atoms with Crippen LogP contribution in [0.1, 0.15) is 24.0 Å². The zero-order valence-corrected chi connectivity index (χ0v) is 19.4. The number of carbonyl (C=O) groups is 2. The van der Waals surface area contributed by atoms with Crippen molar-refractivity contribution in [3.63, 3.8) is 0 Å². The lowest BCUT2D eigenvalue weighted by Gasteiger charge is -2.34. The minimum atomic E-state index is -0.0159. The first-order valence-corrected chi connectivity index (χ1v) is 11.8. The summed E-state index contributed by atoms with van der Waals surface area (Å²) in [6.45, 7) is 7.22. The van der Waals surface area contributed by atoms with E-state index in [4.69, 9.17) is 11.6 Å². The molecule has 0 radical (unpaired) electrons. The van der Waals surface area contributed by atoms with Crippen LogP contribution in [0.25, 0.3) is 0 Å². The van der Waals surface area contributed by atoms with Crippen LogP contribution in [0.4, 0.5) is 11.4 Å². The van der Waals surface area contributed by atoms with Crippen molar-refractivity contribution < 1.29 is 9.59 Å². The van der Waals surface area contributed by atoms with Crippen LogP contribution in [-0.4, -0.2) is 67.4 Å². The number of carbonyl (C=O) groups excluding carboxylic acids is 2. The molecule has 170 valence electrons. The second kappa shape index (κ2) is 10.4. The average molecular weight is 455 g/mol. The smallest absolute Gasteiger partial charge is 0.238 e. The average Bonchev–Trinajstić information content (AvgIpc) is 3.32. The van der Waals surface area contributed by atoms with E-state index >= 15 is 0 Å². The van der Waals surface area contributed by atoms with E-state index in [1.807, 2.05) is 42.2 Å². The lowest BCUT2D eigenvalue weighted by molar-refractivity contribution is -0.132. The molecule has 2 aromatic rings. The molecule has 2 aromatic carbocycles. The van der Waals surface area contributed by atoms with Crippen LogP contribution in [0.15, 0.2) is 42.5 Å². The van der Waals surface area contributed by atoms with Gasteiger partial charge in [-0.15, -0.1) is 0 Å². The van der Waals surface area contributed by atoms with Gasteiger partial charge in [-0.2, -0.15) is 0 Å². The van der Waals surface area contributed by atoms with Crippen molar-refractivity contribution >= 4 is 34.8 Å². The lowest BCUT2D eigenvalue weighted by atomic mass is 10.1. The van der Waals surface area contributed by atoms with E-state index in [9.17, 15) is 9.59 Å². The van der Waals surface area contributed by atoms with E-state index in [1.54, 1.807) is 0 Å². The normalized spacial score (nSPS) is 16.9. The lowest BCUT2D eigenvalue weighted by Crippen LogP contribution is -2.50. The van der Waals surface area contributed by atoms with E-state index in [0.29, 0.717) is 44.2 Å². The molecule has 0 unspecified atom stereocenters. The van der Waals surface area contributed by atoms with Gasteiger partial charge in [0.05, 0.1) is 13.0 Å². The molecule has 2 amide bonds. The Hall–Kier alpha value is -2.57. The van der Waals surface area contributed by atoms with Crippen LogP contribution in [0.2, 0.25) is 5.02 Å². The molecule has 2 saturated heterocycles. The number of benzene rings is 2. The first kappa shape index (κ1) is 22.6. The van der Waals surface area contributed by atoms with Crippen molar-refractivity contribution in [2.75, 3.05) is 56.0 Å². The van der Waals surface area contributed by atoms with Gasteiger partial charge >= 0.3 is 0 Å². The number of anilines is 2.